The van der Waals surface area contributed by atoms with Crippen LogP contribution in [0.4, 0.5) is 5.69 Å². The predicted molar refractivity (Wildman–Crippen MR) is 79.0 cm³/mol. The number of carbonyl (C=O) groups excluding carboxylic acids is 1. The van der Waals surface area contributed by atoms with Gasteiger partial charge in [-0.3, -0.25) is 4.79 Å². The number of hydrogen-bond acceptors (Lipinski definition) is 3. The van der Waals surface area contributed by atoms with Crippen molar-refractivity contribution in [1.29, 1.82) is 0 Å². The second kappa shape index (κ2) is 5.08. The maximum Gasteiger partial charge on any atom is 0.224 e. The zero-order valence-corrected chi connectivity index (χ0v) is 11.8. The topological polar surface area (TPSA) is 38.3 Å². The highest BCUT2D eigenvalue weighted by Crippen LogP contribution is 2.42. The maximum absolute atomic E-state index is 11.3. The Morgan fingerprint density at radius 1 is 1.32 bits per heavy atom. The number of amides is 1. The molecule has 0 unspecified atom stereocenters. The molecule has 4 heteroatoms. The number of hydrogen-bond donors (Lipinski definition) is 2. The van der Waals surface area contributed by atoms with E-state index < -0.39 is 0 Å². The summed E-state index contributed by atoms with van der Waals surface area (Å²) >= 11 is 4.44. The fourth-order valence-corrected chi connectivity index (χ4v) is 3.12. The van der Waals surface area contributed by atoms with E-state index in [0.29, 0.717) is 6.42 Å². The van der Waals surface area contributed by atoms with Gasteiger partial charge in [0.2, 0.25) is 5.91 Å². The minimum absolute atomic E-state index is 0.102. The summed E-state index contributed by atoms with van der Waals surface area (Å²) in [6.45, 7) is 0.752. The molecule has 0 radical (unpaired) electrons. The summed E-state index contributed by atoms with van der Waals surface area (Å²) in [6.07, 6.45) is 5.10. The molecule has 1 aliphatic heterocycles. The summed E-state index contributed by atoms with van der Waals surface area (Å²) in [5.41, 5.74) is 2.38. The van der Waals surface area contributed by atoms with Gasteiger partial charge >= 0.3 is 0 Å². The number of benzene rings is 1. The van der Waals surface area contributed by atoms with E-state index in [0.717, 1.165) is 30.2 Å². The Morgan fingerprint density at radius 3 is 2.84 bits per heavy atom. The smallest absolute Gasteiger partial charge is 0.224 e. The number of fused-ring (bicyclic) bond motifs is 1. The van der Waals surface area contributed by atoms with Gasteiger partial charge in [-0.05, 0) is 48.8 Å². The minimum atomic E-state index is 0.102. The number of nitrogens with one attached hydrogen (secondary N) is 1. The van der Waals surface area contributed by atoms with Gasteiger partial charge in [0.1, 0.15) is 5.75 Å². The molecule has 3 rings (SSSR count). The van der Waals surface area contributed by atoms with Crippen molar-refractivity contribution in [3.8, 4) is 5.75 Å². The van der Waals surface area contributed by atoms with E-state index in [-0.39, 0.29) is 11.3 Å². The summed E-state index contributed by atoms with van der Waals surface area (Å²) < 4.78 is 5.94. The average Bonchev–Trinajstić information content (AvgIpc) is 2.38. The van der Waals surface area contributed by atoms with Crippen LogP contribution in [0.1, 0.15) is 31.2 Å². The summed E-state index contributed by atoms with van der Waals surface area (Å²) in [6, 6.07) is 5.94. The Kier molecular flexibility index (Phi) is 3.44. The standard InChI is InChI=1S/C15H19NO2S/c17-14-5-2-11-8-12(3-4-13(11)16-14)18-9-15(10-19)6-1-7-15/h3-4,8,19H,1-2,5-7,9-10H2,(H,16,17). The Morgan fingerprint density at radius 2 is 2.16 bits per heavy atom. The normalized spacial score (nSPS) is 20.2. The number of ether oxygens (including phenoxy) is 1. The highest BCUT2D eigenvalue weighted by Gasteiger charge is 2.36. The van der Waals surface area contributed by atoms with Gasteiger partial charge in [0, 0.05) is 17.5 Å². The Bertz CT molecular complexity index is 491. The van der Waals surface area contributed by atoms with Crippen LogP contribution < -0.4 is 10.1 Å². The number of rotatable bonds is 4. The molecule has 1 amide bonds. The van der Waals surface area contributed by atoms with Crippen molar-refractivity contribution in [3.63, 3.8) is 0 Å². The van der Waals surface area contributed by atoms with Crippen molar-refractivity contribution < 1.29 is 9.53 Å². The van der Waals surface area contributed by atoms with Gasteiger partial charge in [0.05, 0.1) is 6.61 Å². The largest absolute Gasteiger partial charge is 0.493 e. The third kappa shape index (κ3) is 2.59. The predicted octanol–water partition coefficient (Wildman–Crippen LogP) is 3.05. The first-order chi connectivity index (χ1) is 9.21. The number of thiol groups is 1. The van der Waals surface area contributed by atoms with Gasteiger partial charge in [0.25, 0.3) is 0 Å². The fourth-order valence-electron chi connectivity index (χ4n) is 2.71. The number of anilines is 1. The summed E-state index contributed by atoms with van der Waals surface area (Å²) in [4.78, 5) is 11.3. The van der Waals surface area contributed by atoms with Crippen LogP contribution in [0.15, 0.2) is 18.2 Å². The summed E-state index contributed by atoms with van der Waals surface area (Å²) in [5, 5.41) is 2.89. The van der Waals surface area contributed by atoms with E-state index in [9.17, 15) is 4.79 Å². The fraction of sp³-hybridized carbons (Fsp3) is 0.533. The van der Waals surface area contributed by atoms with Gasteiger partial charge in [-0.2, -0.15) is 12.6 Å². The molecule has 2 aliphatic rings. The lowest BCUT2D eigenvalue weighted by atomic mass is 9.71. The van der Waals surface area contributed by atoms with E-state index in [4.69, 9.17) is 4.74 Å². The molecule has 102 valence electrons. The molecule has 0 bridgehead atoms. The molecule has 0 atom stereocenters. The second-order valence-corrected chi connectivity index (χ2v) is 5.98. The quantitative estimate of drug-likeness (QED) is 0.830. The first-order valence-electron chi connectivity index (χ1n) is 6.87. The summed E-state index contributed by atoms with van der Waals surface area (Å²) in [5.74, 6) is 1.90. The van der Waals surface area contributed by atoms with Crippen LogP contribution >= 0.6 is 12.6 Å². The van der Waals surface area contributed by atoms with Crippen molar-refractivity contribution in [2.24, 2.45) is 5.41 Å². The Labute approximate surface area is 119 Å². The van der Waals surface area contributed by atoms with E-state index in [2.05, 4.69) is 24.0 Å². The molecule has 1 aromatic rings. The molecule has 1 saturated carbocycles. The van der Waals surface area contributed by atoms with Crippen molar-refractivity contribution in [3.05, 3.63) is 23.8 Å². The van der Waals surface area contributed by atoms with Gasteiger partial charge < -0.3 is 10.1 Å². The summed E-state index contributed by atoms with van der Waals surface area (Å²) in [7, 11) is 0. The lowest BCUT2D eigenvalue weighted by Crippen LogP contribution is -2.37. The van der Waals surface area contributed by atoms with Crippen LogP contribution in [-0.4, -0.2) is 18.3 Å². The molecule has 0 saturated heterocycles. The third-order valence-corrected chi connectivity index (χ3v) is 4.94. The molecule has 1 fully saturated rings. The SMILES string of the molecule is O=C1CCc2cc(OCC3(CS)CCC3)ccc2N1. The molecule has 3 nitrogen and oxygen atoms in total. The molecule has 1 heterocycles. The lowest BCUT2D eigenvalue weighted by Gasteiger charge is -2.40. The molecule has 0 spiro atoms. The minimum Gasteiger partial charge on any atom is -0.493 e. The van der Waals surface area contributed by atoms with E-state index in [1.165, 1.54) is 24.8 Å². The zero-order valence-electron chi connectivity index (χ0n) is 10.9. The van der Waals surface area contributed by atoms with Gasteiger partial charge in [-0.15, -0.1) is 0 Å². The van der Waals surface area contributed by atoms with Crippen LogP contribution in [-0.2, 0) is 11.2 Å². The van der Waals surface area contributed by atoms with E-state index in [1.807, 2.05) is 12.1 Å². The van der Waals surface area contributed by atoms with E-state index in [1.54, 1.807) is 0 Å². The number of aryl methyl sites for hydroxylation is 1. The van der Waals surface area contributed by atoms with Crippen LogP contribution in [0.3, 0.4) is 0 Å². The Balaban J connectivity index is 1.67. The molecular formula is C15H19NO2S. The maximum atomic E-state index is 11.3. The molecule has 0 aromatic heterocycles. The molecular weight excluding hydrogens is 258 g/mol. The lowest BCUT2D eigenvalue weighted by molar-refractivity contribution is -0.116. The Hall–Kier alpha value is -1.16. The van der Waals surface area contributed by atoms with Crippen molar-refractivity contribution >= 4 is 24.2 Å². The van der Waals surface area contributed by atoms with Crippen molar-refractivity contribution in [2.45, 2.75) is 32.1 Å². The van der Waals surface area contributed by atoms with Crippen LogP contribution in [0.2, 0.25) is 0 Å². The number of carbonyl (C=O) groups is 1. The molecule has 1 aliphatic carbocycles. The third-order valence-electron chi connectivity index (χ3n) is 4.27. The van der Waals surface area contributed by atoms with Gasteiger partial charge in [-0.25, -0.2) is 0 Å². The van der Waals surface area contributed by atoms with Crippen molar-refractivity contribution in [2.75, 3.05) is 17.7 Å². The second-order valence-electron chi connectivity index (χ2n) is 5.67. The monoisotopic (exact) mass is 277 g/mol. The van der Waals surface area contributed by atoms with Crippen LogP contribution in [0, 0.1) is 5.41 Å². The molecule has 19 heavy (non-hydrogen) atoms. The first-order valence-corrected chi connectivity index (χ1v) is 7.50. The van der Waals surface area contributed by atoms with E-state index >= 15 is 0 Å². The van der Waals surface area contributed by atoms with Crippen molar-refractivity contribution in [1.82, 2.24) is 0 Å². The highest BCUT2D eigenvalue weighted by molar-refractivity contribution is 7.80. The molecule has 1 aromatic carbocycles. The van der Waals surface area contributed by atoms with Gasteiger partial charge in [0.15, 0.2) is 0 Å². The zero-order chi connectivity index (χ0) is 13.3. The first kappa shape index (κ1) is 12.9. The van der Waals surface area contributed by atoms with Crippen LogP contribution in [0.25, 0.3) is 0 Å². The van der Waals surface area contributed by atoms with Crippen LogP contribution in [0.5, 0.6) is 5.75 Å². The van der Waals surface area contributed by atoms with Gasteiger partial charge in [-0.1, -0.05) is 6.42 Å². The average molecular weight is 277 g/mol. The molecule has 1 N–H and O–H groups in total. The highest BCUT2D eigenvalue weighted by atomic mass is 32.1.